The standard InChI is InChI=1S/C19H28N6O3S/c1-3-24-9-7-14(8-10-24)21-18(26)13-29-19-23-22-17(25(19)20)12-28-16-6-4-5-15(11-16)27-2/h4-6,11,14H,3,7-10,12-13,20H2,1-2H3,(H,21,26). The van der Waals surface area contributed by atoms with E-state index in [9.17, 15) is 4.79 Å². The van der Waals surface area contributed by atoms with Crippen LogP contribution in [0, 0.1) is 0 Å². The maximum atomic E-state index is 12.2. The number of nitrogens with one attached hydrogen (secondary N) is 1. The number of thioether (sulfide) groups is 1. The molecule has 1 aliphatic rings. The van der Waals surface area contributed by atoms with Gasteiger partial charge in [-0.2, -0.15) is 0 Å². The van der Waals surface area contributed by atoms with Crippen LogP contribution in [0.25, 0.3) is 0 Å². The first kappa shape index (κ1) is 21.3. The molecule has 3 rings (SSSR count). The third kappa shape index (κ3) is 6.01. The highest BCUT2D eigenvalue weighted by Crippen LogP contribution is 2.20. The minimum Gasteiger partial charge on any atom is -0.497 e. The van der Waals surface area contributed by atoms with E-state index >= 15 is 0 Å². The minimum atomic E-state index is -0.0119. The lowest BCUT2D eigenvalue weighted by atomic mass is 10.1. The summed E-state index contributed by atoms with van der Waals surface area (Å²) >= 11 is 1.26. The van der Waals surface area contributed by atoms with E-state index in [-0.39, 0.29) is 24.3 Å². The lowest BCUT2D eigenvalue weighted by molar-refractivity contribution is -0.119. The van der Waals surface area contributed by atoms with Gasteiger partial charge in [0, 0.05) is 25.2 Å². The molecule has 0 spiro atoms. The van der Waals surface area contributed by atoms with Gasteiger partial charge in [-0.15, -0.1) is 10.2 Å². The third-order valence-electron chi connectivity index (χ3n) is 4.88. The van der Waals surface area contributed by atoms with Crippen molar-refractivity contribution in [1.29, 1.82) is 0 Å². The maximum absolute atomic E-state index is 12.2. The fraction of sp³-hybridized carbons (Fsp3) is 0.526. The molecule has 0 atom stereocenters. The van der Waals surface area contributed by atoms with Crippen molar-refractivity contribution < 1.29 is 14.3 Å². The summed E-state index contributed by atoms with van der Waals surface area (Å²) in [6.45, 7) is 5.45. The molecule has 0 unspecified atom stereocenters. The second-order valence-corrected chi connectivity index (χ2v) is 7.74. The zero-order valence-corrected chi connectivity index (χ0v) is 17.7. The van der Waals surface area contributed by atoms with Crippen molar-refractivity contribution in [2.75, 3.05) is 38.3 Å². The predicted molar refractivity (Wildman–Crippen MR) is 112 cm³/mol. The molecule has 158 valence electrons. The van der Waals surface area contributed by atoms with Gasteiger partial charge in [0.25, 0.3) is 0 Å². The summed E-state index contributed by atoms with van der Waals surface area (Å²) in [5, 5.41) is 11.7. The topological polar surface area (TPSA) is 108 Å². The van der Waals surface area contributed by atoms with Gasteiger partial charge in [0.05, 0.1) is 12.9 Å². The highest BCUT2D eigenvalue weighted by atomic mass is 32.2. The highest BCUT2D eigenvalue weighted by molar-refractivity contribution is 7.99. The second kappa shape index (κ2) is 10.4. The number of methoxy groups -OCH3 is 1. The first-order valence-corrected chi connectivity index (χ1v) is 10.7. The van der Waals surface area contributed by atoms with E-state index < -0.39 is 0 Å². The zero-order valence-electron chi connectivity index (χ0n) is 16.8. The molecular weight excluding hydrogens is 392 g/mol. The van der Waals surface area contributed by atoms with Gasteiger partial charge >= 0.3 is 0 Å². The largest absolute Gasteiger partial charge is 0.497 e. The maximum Gasteiger partial charge on any atom is 0.230 e. The molecule has 1 saturated heterocycles. The first-order chi connectivity index (χ1) is 14.1. The van der Waals surface area contributed by atoms with Gasteiger partial charge in [-0.1, -0.05) is 24.8 Å². The molecular formula is C19H28N6O3S. The van der Waals surface area contributed by atoms with Crippen LogP contribution in [0.4, 0.5) is 0 Å². The van der Waals surface area contributed by atoms with Crippen molar-refractivity contribution in [3.63, 3.8) is 0 Å². The molecule has 9 nitrogen and oxygen atoms in total. The van der Waals surface area contributed by atoms with Crippen LogP contribution in [0.1, 0.15) is 25.6 Å². The van der Waals surface area contributed by atoms with Crippen molar-refractivity contribution in [3.8, 4) is 11.5 Å². The van der Waals surface area contributed by atoms with Crippen molar-refractivity contribution in [1.82, 2.24) is 25.1 Å². The number of hydrogen-bond acceptors (Lipinski definition) is 8. The summed E-state index contributed by atoms with van der Waals surface area (Å²) in [4.78, 5) is 14.6. The lowest BCUT2D eigenvalue weighted by Gasteiger charge is -2.31. The normalized spacial score (nSPS) is 15.2. The van der Waals surface area contributed by atoms with Crippen LogP contribution < -0.4 is 20.6 Å². The van der Waals surface area contributed by atoms with Gasteiger partial charge in [0.2, 0.25) is 11.1 Å². The monoisotopic (exact) mass is 420 g/mol. The SMILES string of the molecule is CCN1CCC(NC(=O)CSc2nnc(COc3cccc(OC)c3)n2N)CC1. The zero-order chi connectivity index (χ0) is 20.6. The Morgan fingerprint density at radius 1 is 1.31 bits per heavy atom. The molecule has 1 amide bonds. The summed E-state index contributed by atoms with van der Waals surface area (Å²) in [5.74, 6) is 8.12. The van der Waals surface area contributed by atoms with Crippen LogP contribution >= 0.6 is 11.8 Å². The van der Waals surface area contributed by atoms with E-state index in [0.29, 0.717) is 22.5 Å². The Morgan fingerprint density at radius 3 is 2.79 bits per heavy atom. The van der Waals surface area contributed by atoms with Gasteiger partial charge in [-0.3, -0.25) is 4.79 Å². The van der Waals surface area contributed by atoms with Crippen molar-refractivity contribution >= 4 is 17.7 Å². The predicted octanol–water partition coefficient (Wildman–Crippen LogP) is 1.27. The van der Waals surface area contributed by atoms with Crippen LogP contribution in [-0.2, 0) is 11.4 Å². The molecule has 0 bridgehead atoms. The number of amides is 1. The third-order valence-corrected chi connectivity index (χ3v) is 5.82. The second-order valence-electron chi connectivity index (χ2n) is 6.80. The van der Waals surface area contributed by atoms with Gasteiger partial charge < -0.3 is 25.5 Å². The molecule has 2 heterocycles. The molecule has 10 heteroatoms. The number of nitrogen functional groups attached to an aromatic ring is 1. The van der Waals surface area contributed by atoms with Gasteiger partial charge in [0.1, 0.15) is 18.1 Å². The van der Waals surface area contributed by atoms with Crippen LogP contribution in [0.2, 0.25) is 0 Å². The molecule has 0 aliphatic carbocycles. The Hall–Kier alpha value is -2.46. The number of likely N-dealkylation sites (tertiary alicyclic amines) is 1. The number of rotatable bonds is 9. The Bertz CT molecular complexity index is 807. The van der Waals surface area contributed by atoms with Gasteiger partial charge in [-0.05, 0) is 31.5 Å². The Balaban J connectivity index is 1.45. The summed E-state index contributed by atoms with van der Waals surface area (Å²) < 4.78 is 12.2. The highest BCUT2D eigenvalue weighted by Gasteiger charge is 2.20. The quantitative estimate of drug-likeness (QED) is 0.461. The van der Waals surface area contributed by atoms with Crippen LogP contribution in [-0.4, -0.2) is 64.2 Å². The van der Waals surface area contributed by atoms with E-state index in [1.54, 1.807) is 13.2 Å². The lowest BCUT2D eigenvalue weighted by Crippen LogP contribution is -2.45. The summed E-state index contributed by atoms with van der Waals surface area (Å²) in [7, 11) is 1.60. The van der Waals surface area contributed by atoms with Crippen molar-refractivity contribution in [2.24, 2.45) is 0 Å². The fourth-order valence-electron chi connectivity index (χ4n) is 3.14. The molecule has 0 saturated carbocycles. The number of aromatic nitrogens is 3. The number of carbonyl (C=O) groups is 1. The number of nitrogens with two attached hydrogens (primary N) is 1. The summed E-state index contributed by atoms with van der Waals surface area (Å²) in [6, 6.07) is 7.53. The summed E-state index contributed by atoms with van der Waals surface area (Å²) in [5.41, 5.74) is 0. The minimum absolute atomic E-state index is 0.0119. The molecule has 1 aromatic heterocycles. The Labute approximate surface area is 174 Å². The smallest absolute Gasteiger partial charge is 0.230 e. The van der Waals surface area contributed by atoms with E-state index in [1.165, 1.54) is 16.4 Å². The number of ether oxygens (including phenoxy) is 2. The average Bonchev–Trinajstić information content (AvgIpc) is 3.11. The van der Waals surface area contributed by atoms with Crippen molar-refractivity contribution in [2.45, 2.75) is 37.6 Å². The van der Waals surface area contributed by atoms with E-state index in [0.717, 1.165) is 32.5 Å². The van der Waals surface area contributed by atoms with Crippen molar-refractivity contribution in [3.05, 3.63) is 30.1 Å². The Kier molecular flexibility index (Phi) is 7.59. The first-order valence-electron chi connectivity index (χ1n) is 9.69. The number of hydrogen-bond donors (Lipinski definition) is 2. The van der Waals surface area contributed by atoms with Crippen LogP contribution in [0.3, 0.4) is 0 Å². The molecule has 0 radical (unpaired) electrons. The molecule has 1 fully saturated rings. The van der Waals surface area contributed by atoms with Gasteiger partial charge in [0.15, 0.2) is 5.82 Å². The molecule has 1 aromatic carbocycles. The van der Waals surface area contributed by atoms with Crippen LogP contribution in [0.15, 0.2) is 29.4 Å². The summed E-state index contributed by atoms with van der Waals surface area (Å²) in [6.07, 6.45) is 1.98. The molecule has 2 aromatic rings. The fourth-order valence-corrected chi connectivity index (χ4v) is 3.82. The number of carbonyl (C=O) groups excluding carboxylic acids is 1. The van der Waals surface area contributed by atoms with Gasteiger partial charge in [-0.25, -0.2) is 4.68 Å². The number of nitrogens with zero attached hydrogens (tertiary/aromatic N) is 4. The van der Waals surface area contributed by atoms with E-state index in [4.69, 9.17) is 15.3 Å². The molecule has 1 aliphatic heterocycles. The average molecular weight is 421 g/mol. The number of benzene rings is 1. The molecule has 29 heavy (non-hydrogen) atoms. The van der Waals surface area contributed by atoms with Crippen LogP contribution in [0.5, 0.6) is 11.5 Å². The van der Waals surface area contributed by atoms with E-state index in [2.05, 4.69) is 27.3 Å². The number of piperidine rings is 1. The van der Waals surface area contributed by atoms with E-state index in [1.807, 2.05) is 18.2 Å². The Morgan fingerprint density at radius 2 is 2.07 bits per heavy atom. The molecule has 3 N–H and O–H groups in total.